The summed E-state index contributed by atoms with van der Waals surface area (Å²) in [6.45, 7) is 0. The first-order chi connectivity index (χ1) is 11.1. The molecule has 1 amide bonds. The molecule has 0 unspecified atom stereocenters. The molecule has 118 valence electrons. The quantitative estimate of drug-likeness (QED) is 0.674. The minimum absolute atomic E-state index is 0.0612. The molecule has 1 N–H and O–H groups in total. The van der Waals surface area contributed by atoms with Crippen LogP contribution in [0.25, 0.3) is 20.8 Å². The molecule has 6 heteroatoms. The Morgan fingerprint density at radius 3 is 2.61 bits per heavy atom. The number of hydrogen-bond donors (Lipinski definition) is 1. The van der Waals surface area contributed by atoms with E-state index in [-0.39, 0.29) is 5.91 Å². The zero-order valence-corrected chi connectivity index (χ0v) is 15.2. The van der Waals surface area contributed by atoms with Crippen LogP contribution in [-0.2, 0) is 4.79 Å². The van der Waals surface area contributed by atoms with Gasteiger partial charge in [-0.25, -0.2) is 4.98 Å². The molecule has 0 spiro atoms. The topological polar surface area (TPSA) is 45.2 Å². The molecule has 0 fully saturated rings. The summed E-state index contributed by atoms with van der Waals surface area (Å²) in [7, 11) is 4.06. The van der Waals surface area contributed by atoms with Crippen molar-refractivity contribution in [2.24, 2.45) is 0 Å². The Kier molecular flexibility index (Phi) is 4.63. The highest BCUT2D eigenvalue weighted by molar-refractivity contribution is 9.09. The molecule has 0 aliphatic rings. The van der Waals surface area contributed by atoms with Crippen LogP contribution in [0, 0.1) is 0 Å². The van der Waals surface area contributed by atoms with Crippen LogP contribution < -0.4 is 10.2 Å². The lowest BCUT2D eigenvalue weighted by Crippen LogP contribution is -2.11. The number of anilines is 2. The van der Waals surface area contributed by atoms with Gasteiger partial charge in [-0.3, -0.25) is 4.79 Å². The third kappa shape index (κ3) is 3.54. The van der Waals surface area contributed by atoms with Gasteiger partial charge in [-0.2, -0.15) is 0 Å². The maximum Gasteiger partial charge on any atom is 0.235 e. The second-order valence-corrected chi connectivity index (χ2v) is 6.92. The third-order valence-electron chi connectivity index (χ3n) is 3.43. The van der Waals surface area contributed by atoms with Gasteiger partial charge in [0.15, 0.2) is 0 Å². The normalized spacial score (nSPS) is 10.7. The van der Waals surface area contributed by atoms with Gasteiger partial charge in [0.25, 0.3) is 0 Å². The van der Waals surface area contributed by atoms with Crippen LogP contribution in [0.4, 0.5) is 11.4 Å². The zero-order valence-electron chi connectivity index (χ0n) is 12.8. The van der Waals surface area contributed by atoms with E-state index in [1.165, 1.54) is 10.4 Å². The lowest BCUT2D eigenvalue weighted by molar-refractivity contribution is -0.113. The Hall–Kier alpha value is -1.92. The average Bonchev–Trinajstić information content (AvgIpc) is 2.98. The number of carbonyl (C=O) groups excluding carboxylic acids is 1. The molecule has 0 bridgehead atoms. The number of rotatable bonds is 4. The molecule has 0 atom stereocenters. The Bertz CT molecular complexity index is 843. The van der Waals surface area contributed by atoms with Crippen molar-refractivity contribution in [1.82, 2.24) is 4.98 Å². The predicted octanol–water partition coefficient (Wildman–Crippen LogP) is 4.36. The van der Waals surface area contributed by atoms with Crippen molar-refractivity contribution < 1.29 is 4.79 Å². The minimum Gasteiger partial charge on any atom is -0.378 e. The first-order valence-electron chi connectivity index (χ1n) is 7.11. The van der Waals surface area contributed by atoms with E-state index in [1.54, 1.807) is 11.3 Å². The highest BCUT2D eigenvalue weighted by Gasteiger charge is 2.08. The molecule has 0 aliphatic carbocycles. The van der Waals surface area contributed by atoms with Gasteiger partial charge in [0.05, 0.1) is 15.5 Å². The SMILES string of the molecule is CN(C)c1ccc2nc(-c3ccc(NC(=O)CBr)cc3)sc2c1. The van der Waals surface area contributed by atoms with E-state index in [9.17, 15) is 4.79 Å². The molecule has 0 radical (unpaired) electrons. The van der Waals surface area contributed by atoms with Crippen molar-refractivity contribution in [1.29, 1.82) is 0 Å². The van der Waals surface area contributed by atoms with E-state index in [2.05, 4.69) is 44.3 Å². The summed E-state index contributed by atoms with van der Waals surface area (Å²) in [6.07, 6.45) is 0. The van der Waals surface area contributed by atoms with Crippen LogP contribution in [0.5, 0.6) is 0 Å². The van der Waals surface area contributed by atoms with E-state index in [1.807, 2.05) is 38.4 Å². The number of benzene rings is 2. The summed E-state index contributed by atoms with van der Waals surface area (Å²) in [6, 6.07) is 14.0. The number of alkyl halides is 1. The maximum absolute atomic E-state index is 11.4. The molecule has 0 aliphatic heterocycles. The summed E-state index contributed by atoms with van der Waals surface area (Å²) in [5, 5.41) is 4.08. The highest BCUT2D eigenvalue weighted by atomic mass is 79.9. The fourth-order valence-corrected chi connectivity index (χ4v) is 3.35. The summed E-state index contributed by atoms with van der Waals surface area (Å²) in [4.78, 5) is 18.1. The summed E-state index contributed by atoms with van der Waals surface area (Å²) < 4.78 is 1.17. The number of thiazole rings is 1. The summed E-state index contributed by atoms with van der Waals surface area (Å²) in [5.74, 6) is -0.0612. The molecule has 3 rings (SSSR count). The van der Waals surface area contributed by atoms with Gasteiger partial charge < -0.3 is 10.2 Å². The van der Waals surface area contributed by atoms with Crippen LogP contribution >= 0.6 is 27.3 Å². The van der Waals surface area contributed by atoms with Crippen LogP contribution in [-0.4, -0.2) is 30.3 Å². The van der Waals surface area contributed by atoms with Crippen LogP contribution in [0.15, 0.2) is 42.5 Å². The minimum atomic E-state index is -0.0612. The van der Waals surface area contributed by atoms with Crippen LogP contribution in [0.1, 0.15) is 0 Å². The van der Waals surface area contributed by atoms with E-state index < -0.39 is 0 Å². The first-order valence-corrected chi connectivity index (χ1v) is 9.05. The number of amides is 1. The zero-order chi connectivity index (χ0) is 16.4. The molecule has 3 aromatic rings. The fourth-order valence-electron chi connectivity index (χ4n) is 2.21. The number of carbonyl (C=O) groups is 1. The number of nitrogens with one attached hydrogen (secondary N) is 1. The first kappa shape index (κ1) is 16.0. The van der Waals surface area contributed by atoms with Gasteiger partial charge in [-0.1, -0.05) is 15.9 Å². The number of nitrogens with zero attached hydrogens (tertiary/aromatic N) is 2. The molecule has 4 nitrogen and oxygen atoms in total. The average molecular weight is 390 g/mol. The van der Waals surface area contributed by atoms with Crippen molar-refractivity contribution in [3.63, 3.8) is 0 Å². The van der Waals surface area contributed by atoms with E-state index in [4.69, 9.17) is 4.98 Å². The van der Waals surface area contributed by atoms with Crippen LogP contribution in [0.2, 0.25) is 0 Å². The largest absolute Gasteiger partial charge is 0.378 e. The van der Waals surface area contributed by atoms with Crippen molar-refractivity contribution in [2.75, 3.05) is 29.6 Å². The van der Waals surface area contributed by atoms with Gasteiger partial charge in [0, 0.05) is 31.0 Å². The second kappa shape index (κ2) is 6.68. The predicted molar refractivity (Wildman–Crippen MR) is 102 cm³/mol. The molecule has 1 aromatic heterocycles. The monoisotopic (exact) mass is 389 g/mol. The second-order valence-electron chi connectivity index (χ2n) is 5.32. The lowest BCUT2D eigenvalue weighted by atomic mass is 10.2. The third-order valence-corrected chi connectivity index (χ3v) is 5.00. The lowest BCUT2D eigenvalue weighted by Gasteiger charge is -2.11. The highest BCUT2D eigenvalue weighted by Crippen LogP contribution is 2.32. The number of aromatic nitrogens is 1. The molecule has 1 heterocycles. The summed E-state index contributed by atoms with van der Waals surface area (Å²) in [5.41, 5.74) is 4.01. The maximum atomic E-state index is 11.4. The van der Waals surface area contributed by atoms with Gasteiger partial charge in [0.1, 0.15) is 5.01 Å². The summed E-state index contributed by atoms with van der Waals surface area (Å²) >= 11 is 4.81. The molecule has 0 saturated heterocycles. The van der Waals surface area contributed by atoms with Gasteiger partial charge in [0.2, 0.25) is 5.91 Å². The van der Waals surface area contributed by atoms with Gasteiger partial charge >= 0.3 is 0 Å². The fraction of sp³-hybridized carbons (Fsp3) is 0.176. The standard InChI is InChI=1S/C17H16BrN3OS/c1-21(2)13-7-8-14-15(9-13)23-17(20-14)11-3-5-12(6-4-11)19-16(22)10-18/h3-9H,10H2,1-2H3,(H,19,22). The smallest absolute Gasteiger partial charge is 0.235 e. The van der Waals surface area contributed by atoms with Crippen molar-refractivity contribution >= 4 is 54.8 Å². The van der Waals surface area contributed by atoms with E-state index in [0.717, 1.165) is 21.8 Å². The number of halogens is 1. The Labute approximate surface area is 147 Å². The molecular formula is C17H16BrN3OS. The molecule has 0 saturated carbocycles. The Morgan fingerprint density at radius 2 is 1.96 bits per heavy atom. The number of fused-ring (bicyclic) bond motifs is 1. The van der Waals surface area contributed by atoms with Crippen molar-refractivity contribution in [2.45, 2.75) is 0 Å². The van der Waals surface area contributed by atoms with E-state index >= 15 is 0 Å². The number of hydrogen-bond acceptors (Lipinski definition) is 4. The van der Waals surface area contributed by atoms with Gasteiger partial charge in [-0.15, -0.1) is 11.3 Å². The Morgan fingerprint density at radius 1 is 1.22 bits per heavy atom. The van der Waals surface area contributed by atoms with Gasteiger partial charge in [-0.05, 0) is 42.5 Å². The van der Waals surface area contributed by atoms with Crippen molar-refractivity contribution in [3.05, 3.63) is 42.5 Å². The molecule has 2 aromatic carbocycles. The Balaban J connectivity index is 1.89. The van der Waals surface area contributed by atoms with Crippen LogP contribution in [0.3, 0.4) is 0 Å². The van der Waals surface area contributed by atoms with Crippen molar-refractivity contribution in [3.8, 4) is 10.6 Å². The van der Waals surface area contributed by atoms with E-state index in [0.29, 0.717) is 5.33 Å². The molecule has 23 heavy (non-hydrogen) atoms. The molecular weight excluding hydrogens is 374 g/mol.